The highest BCUT2D eigenvalue weighted by atomic mass is 28.4. The monoisotopic (exact) mass is 258 g/mol. The quantitative estimate of drug-likeness (QED) is 0.785. The first-order chi connectivity index (χ1) is 7.69. The van der Waals surface area contributed by atoms with E-state index in [0.29, 0.717) is 12.3 Å². The fourth-order valence-corrected chi connectivity index (χ4v) is 3.43. The van der Waals surface area contributed by atoms with Gasteiger partial charge < -0.3 is 4.43 Å². The van der Waals surface area contributed by atoms with Crippen LogP contribution in [0.2, 0.25) is 18.1 Å². The van der Waals surface area contributed by atoms with Gasteiger partial charge in [-0.1, -0.05) is 27.7 Å². The lowest BCUT2D eigenvalue weighted by Gasteiger charge is -2.41. The molecule has 0 aliphatic carbocycles. The fraction of sp³-hybridized carbons (Fsp3) is 1.00. The van der Waals surface area contributed by atoms with Gasteiger partial charge >= 0.3 is 0 Å². The summed E-state index contributed by atoms with van der Waals surface area (Å²) in [6, 6.07) is 0. The first-order valence-electron chi connectivity index (χ1n) is 6.80. The maximum absolute atomic E-state index is 6.54. The van der Waals surface area contributed by atoms with Gasteiger partial charge in [0.1, 0.15) is 0 Å². The van der Waals surface area contributed by atoms with E-state index in [1.54, 1.807) is 0 Å². The molecule has 0 saturated carbocycles. The summed E-state index contributed by atoms with van der Waals surface area (Å²) in [6.45, 7) is 16.0. The number of likely N-dealkylation sites (N-methyl/N-ethyl adjacent to an activating group) is 1. The molecule has 0 aromatic carbocycles. The first-order valence-corrected chi connectivity index (χ1v) is 9.71. The fourth-order valence-electron chi connectivity index (χ4n) is 2.03. The Bertz CT molecular complexity index is 250. The minimum Gasteiger partial charge on any atom is -0.411 e. The smallest absolute Gasteiger partial charge is 0.192 e. The van der Waals surface area contributed by atoms with Gasteiger partial charge in [0.05, 0.1) is 12.3 Å². The van der Waals surface area contributed by atoms with E-state index < -0.39 is 8.32 Å². The Labute approximate surface area is 108 Å². The third-order valence-corrected chi connectivity index (χ3v) is 8.80. The van der Waals surface area contributed by atoms with Crippen molar-refractivity contribution in [2.24, 2.45) is 0 Å². The van der Waals surface area contributed by atoms with Crippen molar-refractivity contribution in [3.8, 4) is 0 Å². The van der Waals surface area contributed by atoms with Crippen LogP contribution in [0.25, 0.3) is 0 Å². The normalized spacial score (nSPS) is 25.2. The van der Waals surface area contributed by atoms with Crippen LogP contribution >= 0.6 is 0 Å². The second-order valence-corrected chi connectivity index (χ2v) is 11.5. The first kappa shape index (κ1) is 15.2. The highest BCUT2D eigenvalue weighted by Crippen LogP contribution is 2.38. The van der Waals surface area contributed by atoms with Crippen LogP contribution in [0, 0.1) is 0 Å². The summed E-state index contributed by atoms with van der Waals surface area (Å²) < 4.78 is 6.54. The Morgan fingerprint density at radius 2 is 2.00 bits per heavy atom. The highest BCUT2D eigenvalue weighted by molar-refractivity contribution is 6.74. The minimum absolute atomic E-state index is 0.289. The van der Waals surface area contributed by atoms with Crippen molar-refractivity contribution < 1.29 is 4.43 Å². The summed E-state index contributed by atoms with van der Waals surface area (Å²) in [6.07, 6.45) is 1.80. The number of hydrogen-bond acceptors (Lipinski definition) is 3. The van der Waals surface area contributed by atoms with Crippen molar-refractivity contribution in [1.29, 1.82) is 0 Å². The van der Waals surface area contributed by atoms with Gasteiger partial charge in [-0.2, -0.15) is 0 Å². The van der Waals surface area contributed by atoms with Crippen LogP contribution in [0.5, 0.6) is 0 Å². The molecule has 1 heterocycles. The standard InChI is InChI=1S/C13H30N2OSi/c1-8-11(12-14-9-10-15(12)5)16-17(6,7)13(2,3)4/h11-12,14H,8-10H2,1-7H3. The molecule has 2 atom stereocenters. The summed E-state index contributed by atoms with van der Waals surface area (Å²) in [5.74, 6) is 0. The van der Waals surface area contributed by atoms with Crippen LogP contribution in [-0.2, 0) is 4.43 Å². The lowest BCUT2D eigenvalue weighted by molar-refractivity contribution is 0.0807. The molecule has 1 fully saturated rings. The third-order valence-electron chi connectivity index (χ3n) is 4.30. The van der Waals surface area contributed by atoms with E-state index in [1.807, 2.05) is 0 Å². The van der Waals surface area contributed by atoms with Gasteiger partial charge in [-0.25, -0.2) is 0 Å². The van der Waals surface area contributed by atoms with Gasteiger partial charge in [0, 0.05) is 13.1 Å². The zero-order chi connectivity index (χ0) is 13.3. The Balaban J connectivity index is 2.70. The molecule has 2 unspecified atom stereocenters. The van der Waals surface area contributed by atoms with Gasteiger partial charge in [-0.05, 0) is 31.6 Å². The zero-order valence-corrected chi connectivity index (χ0v) is 13.6. The van der Waals surface area contributed by atoms with Gasteiger partial charge in [0.2, 0.25) is 0 Å². The number of nitrogens with zero attached hydrogens (tertiary/aromatic N) is 1. The van der Waals surface area contributed by atoms with E-state index in [9.17, 15) is 0 Å². The molecule has 1 N–H and O–H groups in total. The minimum atomic E-state index is -1.65. The molecule has 0 bridgehead atoms. The summed E-state index contributed by atoms with van der Waals surface area (Å²) in [5.41, 5.74) is 0. The molecule has 3 nitrogen and oxygen atoms in total. The van der Waals surface area contributed by atoms with E-state index in [4.69, 9.17) is 4.43 Å². The van der Waals surface area contributed by atoms with Crippen LogP contribution in [0.1, 0.15) is 34.1 Å². The maximum atomic E-state index is 6.54. The van der Waals surface area contributed by atoms with Crippen LogP contribution in [0.15, 0.2) is 0 Å². The highest BCUT2D eigenvalue weighted by Gasteiger charge is 2.41. The molecule has 4 heteroatoms. The van der Waals surface area contributed by atoms with E-state index >= 15 is 0 Å². The largest absolute Gasteiger partial charge is 0.411 e. The predicted molar refractivity (Wildman–Crippen MR) is 76.8 cm³/mol. The Kier molecular flexibility index (Phi) is 4.80. The Morgan fingerprint density at radius 3 is 2.35 bits per heavy atom. The molecule has 102 valence electrons. The third kappa shape index (κ3) is 3.53. The molecule has 1 saturated heterocycles. The predicted octanol–water partition coefficient (Wildman–Crippen LogP) is 2.65. The van der Waals surface area contributed by atoms with Crippen LogP contribution in [-0.4, -0.2) is 45.6 Å². The lowest BCUT2D eigenvalue weighted by atomic mass is 10.2. The van der Waals surface area contributed by atoms with Crippen LogP contribution < -0.4 is 5.32 Å². The SMILES string of the molecule is CCC(O[Si](C)(C)C(C)(C)C)C1NCCN1C. The molecule has 1 aliphatic heterocycles. The number of rotatable bonds is 4. The summed E-state index contributed by atoms with van der Waals surface area (Å²) in [7, 11) is 0.530. The van der Waals surface area contributed by atoms with Gasteiger partial charge in [0.15, 0.2) is 8.32 Å². The van der Waals surface area contributed by atoms with Crippen molar-refractivity contribution in [3.05, 3.63) is 0 Å². The number of hydrogen-bond donors (Lipinski definition) is 1. The second-order valence-electron chi connectivity index (χ2n) is 6.70. The Morgan fingerprint density at radius 1 is 1.41 bits per heavy atom. The molecule has 17 heavy (non-hydrogen) atoms. The molecule has 0 aromatic rings. The van der Waals surface area contributed by atoms with Crippen molar-refractivity contribution in [3.63, 3.8) is 0 Å². The number of nitrogens with one attached hydrogen (secondary N) is 1. The van der Waals surface area contributed by atoms with Gasteiger partial charge in [-0.15, -0.1) is 0 Å². The van der Waals surface area contributed by atoms with Crippen molar-refractivity contribution >= 4 is 8.32 Å². The molecule has 0 aromatic heterocycles. The van der Waals surface area contributed by atoms with E-state index in [0.717, 1.165) is 19.5 Å². The zero-order valence-electron chi connectivity index (χ0n) is 12.6. The molecule has 0 amide bonds. The molecular formula is C13H30N2OSi. The van der Waals surface area contributed by atoms with E-state index in [1.165, 1.54) is 0 Å². The van der Waals surface area contributed by atoms with Crippen LogP contribution in [0.4, 0.5) is 0 Å². The molecule has 1 aliphatic rings. The van der Waals surface area contributed by atoms with Crippen LogP contribution in [0.3, 0.4) is 0 Å². The molecule has 0 radical (unpaired) electrons. The van der Waals surface area contributed by atoms with Gasteiger partial charge in [0.25, 0.3) is 0 Å². The second kappa shape index (κ2) is 5.39. The average Bonchev–Trinajstić information content (AvgIpc) is 2.59. The summed E-state index contributed by atoms with van der Waals surface area (Å²) in [4.78, 5) is 2.38. The molecule has 1 rings (SSSR count). The van der Waals surface area contributed by atoms with Crippen molar-refractivity contribution in [1.82, 2.24) is 10.2 Å². The average molecular weight is 258 g/mol. The molecule has 0 spiro atoms. The van der Waals surface area contributed by atoms with Gasteiger partial charge in [-0.3, -0.25) is 10.2 Å². The Hall–Kier alpha value is 0.0969. The lowest BCUT2D eigenvalue weighted by Crippen LogP contribution is -2.52. The summed E-state index contributed by atoms with van der Waals surface area (Å²) >= 11 is 0. The maximum Gasteiger partial charge on any atom is 0.192 e. The van der Waals surface area contributed by atoms with Crippen molar-refractivity contribution in [2.45, 2.75) is 64.5 Å². The van der Waals surface area contributed by atoms with E-state index in [2.05, 4.69) is 58.1 Å². The topological polar surface area (TPSA) is 24.5 Å². The van der Waals surface area contributed by atoms with E-state index in [-0.39, 0.29) is 5.04 Å². The summed E-state index contributed by atoms with van der Waals surface area (Å²) in [5, 5.41) is 3.84. The van der Waals surface area contributed by atoms with Crippen molar-refractivity contribution in [2.75, 3.05) is 20.1 Å². The molecular weight excluding hydrogens is 228 g/mol.